The molecule has 4 aromatic rings. The number of hydrogen-bond acceptors (Lipinski definition) is 2. The van der Waals surface area contributed by atoms with Crippen LogP contribution in [-0.2, 0) is 9.13 Å². The molecule has 4 nitrogen and oxygen atoms in total. The fraction of sp³-hybridized carbons (Fsp3) is 0.200. The van der Waals surface area contributed by atoms with Gasteiger partial charge in [-0.3, -0.25) is 9.13 Å². The van der Waals surface area contributed by atoms with E-state index in [4.69, 9.17) is 0 Å². The lowest BCUT2D eigenvalue weighted by atomic mass is 9.89. The molecular weight excluding hydrogens is 602 g/mol. The SMILES string of the molecule is O=[P@@]1(c2ccccc2)C2=CCC=C[C@H]2[C@H](c2ccccc2)N1CCN1[C@H](c2ccccc2)[C@H]2C=CCC=C2[P@]1(=O)c1ccccc1. The maximum atomic E-state index is 15.8. The van der Waals surface area contributed by atoms with Crippen LogP contribution < -0.4 is 10.6 Å². The van der Waals surface area contributed by atoms with Crippen LogP contribution in [0.4, 0.5) is 0 Å². The fourth-order valence-corrected chi connectivity index (χ4v) is 15.1. The summed E-state index contributed by atoms with van der Waals surface area (Å²) in [5.74, 6) is 0.0275. The third kappa shape index (κ3) is 4.66. The molecule has 0 aromatic heterocycles. The summed E-state index contributed by atoms with van der Waals surface area (Å²) < 4.78 is 36.3. The molecule has 0 N–H and O–H groups in total. The maximum Gasteiger partial charge on any atom is 0.204 e. The van der Waals surface area contributed by atoms with E-state index < -0.39 is 14.6 Å². The molecule has 0 bridgehead atoms. The molecule has 4 aliphatic rings. The summed E-state index contributed by atoms with van der Waals surface area (Å²) >= 11 is 0. The molecule has 230 valence electrons. The maximum absolute atomic E-state index is 15.8. The highest BCUT2D eigenvalue weighted by Gasteiger charge is 2.56. The van der Waals surface area contributed by atoms with Gasteiger partial charge in [-0.1, -0.05) is 134 Å². The zero-order chi connectivity index (χ0) is 31.1. The predicted molar refractivity (Wildman–Crippen MR) is 190 cm³/mol. The van der Waals surface area contributed by atoms with Crippen LogP contribution in [0.3, 0.4) is 0 Å². The molecule has 2 aliphatic carbocycles. The van der Waals surface area contributed by atoms with Crippen molar-refractivity contribution in [3.05, 3.63) is 180 Å². The number of rotatable bonds is 7. The van der Waals surface area contributed by atoms with Crippen molar-refractivity contribution in [1.82, 2.24) is 9.34 Å². The van der Waals surface area contributed by atoms with Crippen molar-refractivity contribution in [3.63, 3.8) is 0 Å². The van der Waals surface area contributed by atoms with E-state index in [-0.39, 0.29) is 23.9 Å². The van der Waals surface area contributed by atoms with Crippen molar-refractivity contribution >= 4 is 25.2 Å². The number of hydrogen-bond donors (Lipinski definition) is 0. The van der Waals surface area contributed by atoms with Gasteiger partial charge in [0, 0.05) is 46.2 Å². The lowest BCUT2D eigenvalue weighted by molar-refractivity contribution is 0.259. The highest BCUT2D eigenvalue weighted by Crippen LogP contribution is 2.73. The average molecular weight is 641 g/mol. The minimum Gasteiger partial charge on any atom is -0.297 e. The molecular formula is C40H38N2O2P2. The van der Waals surface area contributed by atoms with Crippen molar-refractivity contribution in [2.24, 2.45) is 11.8 Å². The minimum atomic E-state index is -3.18. The first kappa shape index (κ1) is 29.6. The number of nitrogens with zero attached hydrogens (tertiary/aromatic N) is 2. The van der Waals surface area contributed by atoms with Gasteiger partial charge in [0.2, 0.25) is 14.6 Å². The van der Waals surface area contributed by atoms with Crippen LogP contribution in [0.15, 0.2) is 168 Å². The van der Waals surface area contributed by atoms with Crippen molar-refractivity contribution < 1.29 is 9.13 Å². The van der Waals surface area contributed by atoms with Gasteiger partial charge in [-0.15, -0.1) is 0 Å². The van der Waals surface area contributed by atoms with E-state index in [1.807, 2.05) is 72.8 Å². The van der Waals surface area contributed by atoms with Gasteiger partial charge >= 0.3 is 0 Å². The highest BCUT2D eigenvalue weighted by molar-refractivity contribution is 7.74. The molecule has 46 heavy (non-hydrogen) atoms. The van der Waals surface area contributed by atoms with Gasteiger partial charge in [-0.25, -0.2) is 9.34 Å². The van der Waals surface area contributed by atoms with Crippen molar-refractivity contribution in [3.8, 4) is 0 Å². The number of fused-ring (bicyclic) bond motifs is 2. The Kier molecular flexibility index (Phi) is 7.79. The van der Waals surface area contributed by atoms with Gasteiger partial charge in [-0.05, 0) is 48.2 Å². The monoisotopic (exact) mass is 640 g/mol. The molecule has 0 amide bonds. The van der Waals surface area contributed by atoms with Gasteiger partial charge in [0.1, 0.15) is 0 Å². The van der Waals surface area contributed by atoms with Crippen LogP contribution in [0.5, 0.6) is 0 Å². The number of benzene rings is 4. The molecule has 2 saturated heterocycles. The van der Waals surface area contributed by atoms with Crippen LogP contribution in [0.2, 0.25) is 0 Å². The molecule has 0 unspecified atom stereocenters. The largest absolute Gasteiger partial charge is 0.297 e. The topological polar surface area (TPSA) is 40.6 Å². The summed E-state index contributed by atoms with van der Waals surface area (Å²) in [4.78, 5) is 0. The molecule has 0 saturated carbocycles. The first-order valence-electron chi connectivity index (χ1n) is 16.3. The van der Waals surface area contributed by atoms with Crippen LogP contribution in [0, 0.1) is 11.8 Å². The second-order valence-corrected chi connectivity index (χ2v) is 17.9. The highest BCUT2D eigenvalue weighted by atomic mass is 31.2. The fourth-order valence-electron chi connectivity index (χ4n) is 8.18. The zero-order valence-corrected chi connectivity index (χ0v) is 27.5. The summed E-state index contributed by atoms with van der Waals surface area (Å²) in [7, 11) is -6.36. The summed E-state index contributed by atoms with van der Waals surface area (Å²) in [5.41, 5.74) is 2.32. The van der Waals surface area contributed by atoms with E-state index in [2.05, 4.69) is 94.3 Å². The molecule has 8 rings (SSSR count). The molecule has 6 atom stereocenters. The third-order valence-corrected chi connectivity index (χ3v) is 16.8. The van der Waals surface area contributed by atoms with Crippen LogP contribution in [0.25, 0.3) is 0 Å². The normalized spacial score (nSPS) is 30.4. The smallest absolute Gasteiger partial charge is 0.204 e. The lowest BCUT2D eigenvalue weighted by Gasteiger charge is -2.36. The Hall–Kier alpha value is -3.78. The Morgan fingerprint density at radius 2 is 0.848 bits per heavy atom. The summed E-state index contributed by atoms with van der Waals surface area (Å²) in [6.45, 7) is 1.02. The Bertz CT molecular complexity index is 1790. The first-order chi connectivity index (χ1) is 22.6. The average Bonchev–Trinajstić information content (AvgIpc) is 3.55. The second kappa shape index (κ2) is 12.1. The Morgan fingerprint density at radius 3 is 1.22 bits per heavy atom. The van der Waals surface area contributed by atoms with Gasteiger partial charge in [0.25, 0.3) is 0 Å². The Morgan fingerprint density at radius 1 is 0.500 bits per heavy atom. The lowest BCUT2D eigenvalue weighted by Crippen LogP contribution is -2.36. The predicted octanol–water partition coefficient (Wildman–Crippen LogP) is 9.23. The van der Waals surface area contributed by atoms with Crippen molar-refractivity contribution in [1.29, 1.82) is 0 Å². The Balaban J connectivity index is 1.28. The molecule has 4 aromatic carbocycles. The van der Waals surface area contributed by atoms with E-state index >= 15 is 9.13 Å². The molecule has 2 heterocycles. The van der Waals surface area contributed by atoms with Gasteiger partial charge in [-0.2, -0.15) is 0 Å². The molecule has 0 spiro atoms. The third-order valence-electron chi connectivity index (χ3n) is 10.1. The van der Waals surface area contributed by atoms with Crippen molar-refractivity contribution in [2.45, 2.75) is 24.9 Å². The standard InChI is InChI=1S/C40H38N2O2P2/c43-45(33-21-9-3-10-22-33)37-27-15-13-25-35(37)39(31-17-5-1-6-18-31)41(45)29-30-42-40(32-19-7-2-8-20-32)36-26-14-16-28-38(36)46(42,44)34-23-11-4-12-24-34/h1-14,17-28,35-36,39-40H,15-16,29-30H2/t35-,36+,39+,40-,45+,46-. The van der Waals surface area contributed by atoms with Gasteiger partial charge < -0.3 is 0 Å². The molecule has 2 fully saturated rings. The molecule has 6 heteroatoms. The van der Waals surface area contributed by atoms with Crippen LogP contribution >= 0.6 is 14.6 Å². The molecule has 2 aliphatic heterocycles. The van der Waals surface area contributed by atoms with Crippen LogP contribution in [0.1, 0.15) is 36.1 Å². The Labute approximate surface area is 272 Å². The van der Waals surface area contributed by atoms with E-state index in [0.717, 1.165) is 45.2 Å². The van der Waals surface area contributed by atoms with E-state index in [1.54, 1.807) is 0 Å². The molecule has 0 radical (unpaired) electrons. The summed E-state index contributed by atoms with van der Waals surface area (Å²) in [6, 6.07) is 41.0. The van der Waals surface area contributed by atoms with Gasteiger partial charge in [0.15, 0.2) is 0 Å². The minimum absolute atomic E-state index is 0.0137. The summed E-state index contributed by atoms with van der Waals surface area (Å²) in [6.07, 6.45) is 14.9. The first-order valence-corrected chi connectivity index (χ1v) is 19.6. The quantitative estimate of drug-likeness (QED) is 0.149. The van der Waals surface area contributed by atoms with Crippen molar-refractivity contribution in [2.75, 3.05) is 13.1 Å². The zero-order valence-electron chi connectivity index (χ0n) is 25.8. The number of allylic oxidation sites excluding steroid dienone is 4. The van der Waals surface area contributed by atoms with E-state index in [0.29, 0.717) is 13.1 Å². The van der Waals surface area contributed by atoms with E-state index in [9.17, 15) is 0 Å². The van der Waals surface area contributed by atoms with E-state index in [1.165, 1.54) is 0 Å². The summed E-state index contributed by atoms with van der Waals surface area (Å²) in [5, 5.41) is 3.79. The van der Waals surface area contributed by atoms with Gasteiger partial charge in [0.05, 0.1) is 12.1 Å². The van der Waals surface area contributed by atoms with Crippen LogP contribution in [-0.4, -0.2) is 22.4 Å². The second-order valence-electron chi connectivity index (χ2n) is 12.5.